The van der Waals surface area contributed by atoms with Gasteiger partial charge >= 0.3 is 21.6 Å². The molecule has 3 rings (SSSR count). The molecule has 0 spiro atoms. The first kappa shape index (κ1) is 22.5. The quantitative estimate of drug-likeness (QED) is 0.266. The highest BCUT2D eigenvalue weighted by atomic mass is 32.2. The lowest BCUT2D eigenvalue weighted by Gasteiger charge is -2.41. The molecule has 0 aliphatic carbocycles. The van der Waals surface area contributed by atoms with E-state index in [9.17, 15) is 39.6 Å². The zero-order chi connectivity index (χ0) is 22.7. The molecule has 30 heavy (non-hydrogen) atoms. The van der Waals surface area contributed by atoms with Gasteiger partial charge in [0.2, 0.25) is 0 Å². The monoisotopic (exact) mass is 471 g/mol. The van der Waals surface area contributed by atoms with Crippen LogP contribution in [0.3, 0.4) is 0 Å². The van der Waals surface area contributed by atoms with Gasteiger partial charge in [-0.15, -0.1) is 0 Å². The Morgan fingerprint density at radius 2 is 1.77 bits per heavy atom. The summed E-state index contributed by atoms with van der Waals surface area (Å²) < 4.78 is 92.8. The molecule has 2 aliphatic heterocycles. The number of esters is 1. The number of rotatable bonds is 5. The fraction of sp³-hybridized carbons (Fsp3) is 0.500. The van der Waals surface area contributed by atoms with Crippen LogP contribution in [0.1, 0.15) is 19.4 Å². The van der Waals surface area contributed by atoms with Crippen molar-refractivity contribution in [2.75, 3.05) is 0 Å². The minimum absolute atomic E-state index is 0.235. The molecule has 166 valence electrons. The second kappa shape index (κ2) is 6.92. The highest BCUT2D eigenvalue weighted by Crippen LogP contribution is 2.48. The number of hydrogen-bond acceptors (Lipinski definition) is 8. The van der Waals surface area contributed by atoms with Crippen LogP contribution in [-0.4, -0.2) is 61.4 Å². The van der Waals surface area contributed by atoms with Crippen LogP contribution in [-0.2, 0) is 45.1 Å². The summed E-state index contributed by atoms with van der Waals surface area (Å²) >= 11 is 0. The van der Waals surface area contributed by atoms with E-state index in [1.54, 1.807) is 30.3 Å². The fourth-order valence-corrected chi connectivity index (χ4v) is 6.14. The summed E-state index contributed by atoms with van der Waals surface area (Å²) in [5, 5.41) is -2.06. The summed E-state index contributed by atoms with van der Waals surface area (Å²) in [5.41, 5.74) is -5.27. The lowest BCUT2D eigenvalue weighted by Crippen LogP contribution is -2.68. The Bertz CT molecular complexity index is 1080. The largest absolute Gasteiger partial charge is 0.523 e. The number of benzene rings is 1. The highest BCUT2D eigenvalue weighted by molar-refractivity contribution is 7.94. The summed E-state index contributed by atoms with van der Waals surface area (Å²) in [6.07, 6.45) is -2.44. The second-order valence-electron chi connectivity index (χ2n) is 7.20. The van der Waals surface area contributed by atoms with E-state index >= 15 is 0 Å². The molecule has 1 amide bonds. The van der Waals surface area contributed by atoms with E-state index in [2.05, 4.69) is 4.18 Å². The third-order valence-corrected chi connectivity index (χ3v) is 8.81. The number of carbonyl (C=O) groups is 2. The van der Waals surface area contributed by atoms with Crippen LogP contribution in [0, 0.1) is 0 Å². The van der Waals surface area contributed by atoms with Crippen molar-refractivity contribution in [3.63, 3.8) is 0 Å². The number of alkyl halides is 3. The van der Waals surface area contributed by atoms with Gasteiger partial charge in [-0.25, -0.2) is 17.4 Å². The van der Waals surface area contributed by atoms with Crippen molar-refractivity contribution < 1.29 is 48.5 Å². The number of sulfone groups is 1. The van der Waals surface area contributed by atoms with Crippen molar-refractivity contribution in [3.05, 3.63) is 35.9 Å². The SMILES string of the molecule is CC1(C)[C@H](C(=O)OCc2ccccc2)N2C(=O)[C@H](OS(=O)(=O)C(F)(F)F)[C@H]2S1(=O)=O. The van der Waals surface area contributed by atoms with Gasteiger partial charge in [0.25, 0.3) is 5.91 Å². The molecule has 2 saturated heterocycles. The van der Waals surface area contributed by atoms with Crippen LogP contribution >= 0.6 is 0 Å². The van der Waals surface area contributed by atoms with E-state index in [1.807, 2.05) is 0 Å². The van der Waals surface area contributed by atoms with E-state index < -0.39 is 59.6 Å². The first-order valence-electron chi connectivity index (χ1n) is 8.38. The summed E-state index contributed by atoms with van der Waals surface area (Å²) in [7, 11) is -10.7. The van der Waals surface area contributed by atoms with Gasteiger partial charge in [-0.2, -0.15) is 21.6 Å². The molecular formula is C16H16F3NO8S2. The van der Waals surface area contributed by atoms with Crippen molar-refractivity contribution in [1.29, 1.82) is 0 Å². The van der Waals surface area contributed by atoms with Gasteiger partial charge in [-0.3, -0.25) is 4.79 Å². The van der Waals surface area contributed by atoms with Crippen LogP contribution in [0.4, 0.5) is 13.2 Å². The van der Waals surface area contributed by atoms with Crippen LogP contribution in [0.25, 0.3) is 0 Å². The van der Waals surface area contributed by atoms with Gasteiger partial charge in [-0.05, 0) is 19.4 Å². The summed E-state index contributed by atoms with van der Waals surface area (Å²) in [6.45, 7) is 1.96. The molecule has 3 atom stereocenters. The van der Waals surface area contributed by atoms with E-state index in [1.165, 1.54) is 0 Å². The number of fused-ring (bicyclic) bond motifs is 1. The van der Waals surface area contributed by atoms with E-state index in [4.69, 9.17) is 4.74 Å². The van der Waals surface area contributed by atoms with Gasteiger partial charge in [0, 0.05) is 0 Å². The predicted molar refractivity (Wildman–Crippen MR) is 93.5 cm³/mol. The van der Waals surface area contributed by atoms with Crippen molar-refractivity contribution in [3.8, 4) is 0 Å². The predicted octanol–water partition coefficient (Wildman–Crippen LogP) is 0.709. The Kier molecular flexibility index (Phi) is 5.19. The Morgan fingerprint density at radius 1 is 1.20 bits per heavy atom. The molecule has 1 aromatic rings. The number of hydrogen-bond donors (Lipinski definition) is 0. The smallest absolute Gasteiger partial charge is 0.459 e. The van der Waals surface area contributed by atoms with Crippen molar-refractivity contribution in [2.45, 2.75) is 48.2 Å². The molecule has 0 bridgehead atoms. The number of halogens is 3. The molecular weight excluding hydrogens is 455 g/mol. The zero-order valence-corrected chi connectivity index (χ0v) is 17.1. The lowest BCUT2D eigenvalue weighted by atomic mass is 9.97. The summed E-state index contributed by atoms with van der Waals surface area (Å²) in [6, 6.07) is 6.64. The topological polar surface area (TPSA) is 124 Å². The Hall–Kier alpha value is -2.19. The third kappa shape index (κ3) is 3.26. The van der Waals surface area contributed by atoms with E-state index in [-0.39, 0.29) is 6.61 Å². The van der Waals surface area contributed by atoms with Crippen molar-refractivity contribution in [1.82, 2.24) is 4.90 Å². The lowest BCUT2D eigenvalue weighted by molar-refractivity contribution is -0.171. The van der Waals surface area contributed by atoms with Gasteiger partial charge in [0.15, 0.2) is 21.3 Å². The molecule has 0 N–H and O–H groups in total. The zero-order valence-electron chi connectivity index (χ0n) is 15.5. The molecule has 0 radical (unpaired) electrons. The van der Waals surface area contributed by atoms with Crippen LogP contribution in [0.15, 0.2) is 30.3 Å². The van der Waals surface area contributed by atoms with Crippen molar-refractivity contribution in [2.24, 2.45) is 0 Å². The first-order chi connectivity index (χ1) is 13.6. The van der Waals surface area contributed by atoms with Gasteiger partial charge < -0.3 is 9.64 Å². The van der Waals surface area contributed by atoms with Crippen molar-refractivity contribution >= 4 is 31.8 Å². The molecule has 2 fully saturated rings. The van der Waals surface area contributed by atoms with E-state index in [0.29, 0.717) is 10.5 Å². The summed E-state index contributed by atoms with van der Waals surface area (Å²) in [5.74, 6) is -2.47. The molecule has 0 unspecified atom stereocenters. The number of carbonyl (C=O) groups excluding carboxylic acids is 2. The molecule has 0 saturated carbocycles. The second-order valence-corrected chi connectivity index (χ2v) is 11.4. The Balaban J connectivity index is 1.87. The van der Waals surface area contributed by atoms with Crippen LogP contribution < -0.4 is 0 Å². The van der Waals surface area contributed by atoms with Crippen LogP contribution in [0.2, 0.25) is 0 Å². The minimum atomic E-state index is -6.23. The minimum Gasteiger partial charge on any atom is -0.459 e. The number of nitrogens with zero attached hydrogens (tertiary/aromatic N) is 1. The fourth-order valence-electron chi connectivity index (χ4n) is 3.33. The number of amides is 1. The van der Waals surface area contributed by atoms with Gasteiger partial charge in [-0.1, -0.05) is 30.3 Å². The molecule has 0 aromatic heterocycles. The molecule has 2 aliphatic rings. The standard InChI is InChI=1S/C16H16F3NO8S2/c1-15(2)11(14(22)27-8-9-6-4-3-5-7-9)20-12(21)10(13(20)29(15,23)24)28-30(25,26)16(17,18)19/h3-7,10-11,13H,8H2,1-2H3/t10-,11-,13+/m0/s1. The number of ether oxygens (including phenoxy) is 1. The molecule has 1 aromatic carbocycles. The molecule has 14 heteroatoms. The number of β-lactam (4-membered cyclic amide) rings is 1. The Morgan fingerprint density at radius 3 is 2.30 bits per heavy atom. The average Bonchev–Trinajstić information content (AvgIpc) is 2.78. The maximum Gasteiger partial charge on any atom is 0.523 e. The normalized spacial score (nSPS) is 27.3. The Labute approximate surface area is 169 Å². The highest BCUT2D eigenvalue weighted by Gasteiger charge is 2.74. The average molecular weight is 471 g/mol. The maximum atomic E-state index is 12.8. The van der Waals surface area contributed by atoms with Crippen LogP contribution in [0.5, 0.6) is 0 Å². The van der Waals surface area contributed by atoms with E-state index in [0.717, 1.165) is 13.8 Å². The first-order valence-corrected chi connectivity index (χ1v) is 11.3. The van der Waals surface area contributed by atoms with Gasteiger partial charge in [0.05, 0.1) is 0 Å². The molecule has 9 nitrogen and oxygen atoms in total. The summed E-state index contributed by atoms with van der Waals surface area (Å²) in [4.78, 5) is 25.4. The third-order valence-electron chi connectivity index (χ3n) is 4.98. The maximum absolute atomic E-state index is 12.8. The van der Waals surface area contributed by atoms with Gasteiger partial charge in [0.1, 0.15) is 17.4 Å². The molecule has 2 heterocycles.